The highest BCUT2D eigenvalue weighted by Gasteiger charge is 2.34. The van der Waals surface area contributed by atoms with Crippen LogP contribution < -0.4 is 10.6 Å². The lowest BCUT2D eigenvalue weighted by Gasteiger charge is -2.39. The fraction of sp³-hybridized carbons (Fsp3) is 0.545. The molecule has 1 fully saturated rings. The number of benzene rings is 1. The summed E-state index contributed by atoms with van der Waals surface area (Å²) in [6.45, 7) is 10.7. The van der Waals surface area contributed by atoms with Crippen molar-refractivity contribution in [2.45, 2.75) is 39.3 Å². The van der Waals surface area contributed by atoms with Crippen molar-refractivity contribution < 1.29 is 14.3 Å². The van der Waals surface area contributed by atoms with Gasteiger partial charge in [-0.25, -0.2) is 9.59 Å². The number of amides is 2. The third kappa shape index (κ3) is 5.33. The van der Waals surface area contributed by atoms with Gasteiger partial charge in [0.15, 0.2) is 0 Å². The van der Waals surface area contributed by atoms with E-state index < -0.39 is 12.0 Å². The van der Waals surface area contributed by atoms with Crippen molar-refractivity contribution in [3.05, 3.63) is 46.1 Å². The average molecular weight is 435 g/mol. The van der Waals surface area contributed by atoms with Crippen LogP contribution in [0.2, 0.25) is 5.02 Å². The van der Waals surface area contributed by atoms with Crippen LogP contribution in [-0.2, 0) is 9.53 Å². The third-order valence-corrected chi connectivity index (χ3v) is 6.11. The van der Waals surface area contributed by atoms with Crippen molar-refractivity contribution in [3.8, 4) is 0 Å². The van der Waals surface area contributed by atoms with Gasteiger partial charge in [-0.1, -0.05) is 30.7 Å². The monoisotopic (exact) mass is 434 g/mol. The number of ether oxygens (including phenoxy) is 1. The SMILES string of the molecule is CCOC(=O)C1=C(CN2CCN([C@@H](C)CC)CC2)NC(=O)N[C@@H]1c1ccc(Cl)cc1. The number of carbonyl (C=O) groups is 2. The van der Waals surface area contributed by atoms with Gasteiger partial charge < -0.3 is 15.4 Å². The summed E-state index contributed by atoms with van der Waals surface area (Å²) >= 11 is 6.02. The Morgan fingerprint density at radius 3 is 2.47 bits per heavy atom. The van der Waals surface area contributed by atoms with Crippen molar-refractivity contribution >= 4 is 23.6 Å². The molecule has 3 rings (SSSR count). The molecule has 0 saturated carbocycles. The molecule has 0 aromatic heterocycles. The molecule has 0 radical (unpaired) electrons. The van der Waals surface area contributed by atoms with Gasteiger partial charge in [0.25, 0.3) is 0 Å². The predicted octanol–water partition coefficient (Wildman–Crippen LogP) is 2.93. The minimum Gasteiger partial charge on any atom is -0.463 e. The molecule has 30 heavy (non-hydrogen) atoms. The predicted molar refractivity (Wildman–Crippen MR) is 117 cm³/mol. The Balaban J connectivity index is 1.85. The second-order valence-electron chi connectivity index (χ2n) is 7.77. The highest BCUT2D eigenvalue weighted by Crippen LogP contribution is 2.29. The molecule has 164 valence electrons. The van der Waals surface area contributed by atoms with Gasteiger partial charge in [-0.3, -0.25) is 9.80 Å². The van der Waals surface area contributed by atoms with Gasteiger partial charge in [-0.05, 0) is 38.0 Å². The molecule has 2 heterocycles. The maximum atomic E-state index is 12.9. The van der Waals surface area contributed by atoms with Gasteiger partial charge in [0, 0.05) is 49.5 Å². The molecular weight excluding hydrogens is 404 g/mol. The first-order valence-corrected chi connectivity index (χ1v) is 11.0. The van der Waals surface area contributed by atoms with Crippen LogP contribution in [0.15, 0.2) is 35.5 Å². The number of esters is 1. The van der Waals surface area contributed by atoms with E-state index in [1.807, 2.05) is 12.1 Å². The van der Waals surface area contributed by atoms with Gasteiger partial charge in [-0.2, -0.15) is 0 Å². The summed E-state index contributed by atoms with van der Waals surface area (Å²) < 4.78 is 5.33. The van der Waals surface area contributed by atoms with Crippen LogP contribution in [-0.4, -0.2) is 67.2 Å². The molecule has 0 unspecified atom stereocenters. The van der Waals surface area contributed by atoms with Crippen molar-refractivity contribution in [1.82, 2.24) is 20.4 Å². The minimum absolute atomic E-state index is 0.268. The molecular formula is C22H31ClN4O3. The summed E-state index contributed by atoms with van der Waals surface area (Å²) in [6.07, 6.45) is 1.13. The van der Waals surface area contributed by atoms with Crippen LogP contribution in [0.3, 0.4) is 0 Å². The third-order valence-electron chi connectivity index (χ3n) is 5.86. The summed E-state index contributed by atoms with van der Waals surface area (Å²) in [7, 11) is 0. The summed E-state index contributed by atoms with van der Waals surface area (Å²) in [5.41, 5.74) is 1.84. The Bertz CT molecular complexity index is 788. The number of nitrogens with one attached hydrogen (secondary N) is 2. The number of nitrogens with zero attached hydrogens (tertiary/aromatic N) is 2. The normalized spacial score (nSPS) is 21.7. The lowest BCUT2D eigenvalue weighted by Crippen LogP contribution is -2.53. The van der Waals surface area contributed by atoms with E-state index in [1.165, 1.54) is 0 Å². The van der Waals surface area contributed by atoms with Gasteiger partial charge >= 0.3 is 12.0 Å². The fourth-order valence-electron chi connectivity index (χ4n) is 3.94. The molecule has 1 aromatic carbocycles. The minimum atomic E-state index is -0.577. The first-order valence-electron chi connectivity index (χ1n) is 10.6. The average Bonchev–Trinajstić information content (AvgIpc) is 2.74. The highest BCUT2D eigenvalue weighted by molar-refractivity contribution is 6.30. The van der Waals surface area contributed by atoms with E-state index in [0.29, 0.717) is 28.9 Å². The second kappa shape index (κ2) is 10.3. The number of rotatable bonds is 7. The highest BCUT2D eigenvalue weighted by atomic mass is 35.5. The Labute approximate surface area is 183 Å². The largest absolute Gasteiger partial charge is 0.463 e. The van der Waals surface area contributed by atoms with E-state index in [0.717, 1.165) is 38.2 Å². The summed E-state index contributed by atoms with van der Waals surface area (Å²) in [5.74, 6) is -0.418. The molecule has 0 aliphatic carbocycles. The number of carbonyl (C=O) groups excluding carboxylic acids is 2. The van der Waals surface area contributed by atoms with Gasteiger partial charge in [0.2, 0.25) is 0 Å². The quantitative estimate of drug-likeness (QED) is 0.645. The van der Waals surface area contributed by atoms with Gasteiger partial charge in [0.1, 0.15) is 0 Å². The zero-order chi connectivity index (χ0) is 21.7. The first-order chi connectivity index (χ1) is 14.4. The molecule has 2 aliphatic heterocycles. The topological polar surface area (TPSA) is 73.9 Å². The zero-order valence-corrected chi connectivity index (χ0v) is 18.7. The number of piperazine rings is 1. The van der Waals surface area contributed by atoms with Crippen LogP contribution in [0.1, 0.15) is 38.8 Å². The molecule has 0 spiro atoms. The van der Waals surface area contributed by atoms with Crippen LogP contribution in [0, 0.1) is 0 Å². The molecule has 2 amide bonds. The van der Waals surface area contributed by atoms with E-state index >= 15 is 0 Å². The molecule has 8 heteroatoms. The van der Waals surface area contributed by atoms with Crippen molar-refractivity contribution in [1.29, 1.82) is 0 Å². The summed E-state index contributed by atoms with van der Waals surface area (Å²) in [6, 6.07) is 6.81. The van der Waals surface area contributed by atoms with E-state index in [9.17, 15) is 9.59 Å². The van der Waals surface area contributed by atoms with Crippen LogP contribution >= 0.6 is 11.6 Å². The lowest BCUT2D eigenvalue weighted by atomic mass is 9.95. The number of halogens is 1. The smallest absolute Gasteiger partial charge is 0.338 e. The molecule has 7 nitrogen and oxygen atoms in total. The van der Waals surface area contributed by atoms with E-state index in [1.54, 1.807) is 19.1 Å². The number of hydrogen-bond donors (Lipinski definition) is 2. The van der Waals surface area contributed by atoms with Crippen LogP contribution in [0.25, 0.3) is 0 Å². The Morgan fingerprint density at radius 2 is 1.87 bits per heavy atom. The second-order valence-corrected chi connectivity index (χ2v) is 8.20. The van der Waals surface area contributed by atoms with Crippen LogP contribution in [0.5, 0.6) is 0 Å². The molecule has 1 saturated heterocycles. The standard InChI is InChI=1S/C22H31ClN4O3/c1-4-15(3)27-12-10-26(11-13-27)14-18-19(21(28)30-5-2)20(25-22(29)24-18)16-6-8-17(23)9-7-16/h6-9,15,20H,4-5,10-14H2,1-3H3,(H2,24,25,29)/t15-,20+/m0/s1. The Hall–Kier alpha value is -2.09. The lowest BCUT2D eigenvalue weighted by molar-refractivity contribution is -0.139. The Kier molecular flexibility index (Phi) is 7.75. The zero-order valence-electron chi connectivity index (χ0n) is 17.9. The van der Waals surface area contributed by atoms with E-state index in [2.05, 4.69) is 34.3 Å². The maximum absolute atomic E-state index is 12.9. The van der Waals surface area contributed by atoms with Gasteiger partial charge in [0.05, 0.1) is 18.2 Å². The first kappa shape index (κ1) is 22.6. The van der Waals surface area contributed by atoms with Crippen LogP contribution in [0.4, 0.5) is 4.79 Å². The van der Waals surface area contributed by atoms with Gasteiger partial charge in [-0.15, -0.1) is 0 Å². The number of urea groups is 1. The van der Waals surface area contributed by atoms with Crippen molar-refractivity contribution in [3.63, 3.8) is 0 Å². The molecule has 1 aromatic rings. The molecule has 2 N–H and O–H groups in total. The Morgan fingerprint density at radius 1 is 1.20 bits per heavy atom. The molecule has 2 atom stereocenters. The summed E-state index contributed by atoms with van der Waals surface area (Å²) in [5, 5.41) is 6.31. The maximum Gasteiger partial charge on any atom is 0.338 e. The van der Waals surface area contributed by atoms with E-state index in [-0.39, 0.29) is 12.6 Å². The fourth-order valence-corrected chi connectivity index (χ4v) is 4.07. The molecule has 0 bridgehead atoms. The van der Waals surface area contributed by atoms with Crippen molar-refractivity contribution in [2.24, 2.45) is 0 Å². The number of hydrogen-bond acceptors (Lipinski definition) is 5. The summed E-state index contributed by atoms with van der Waals surface area (Å²) in [4.78, 5) is 30.0. The molecule has 2 aliphatic rings. The van der Waals surface area contributed by atoms with Crippen molar-refractivity contribution in [2.75, 3.05) is 39.3 Å². The van der Waals surface area contributed by atoms with E-state index in [4.69, 9.17) is 16.3 Å².